The van der Waals surface area contributed by atoms with Gasteiger partial charge in [-0.15, -0.1) is 0 Å². The highest BCUT2D eigenvalue weighted by atomic mass is 32.2. The lowest BCUT2D eigenvalue weighted by molar-refractivity contribution is -0.0453. The number of hydrogen-bond acceptors (Lipinski definition) is 4. The van der Waals surface area contributed by atoms with Crippen LogP contribution in [0.15, 0.2) is 23.0 Å². The third-order valence-electron chi connectivity index (χ3n) is 3.09. The minimum atomic E-state index is -3.46. The monoisotopic (exact) mass is 288 g/mol. The molecule has 1 fully saturated rings. The molecule has 19 heavy (non-hydrogen) atoms. The normalized spacial score (nSPS) is 25.9. The number of hydrogen-bond donors (Lipinski definition) is 0. The lowest BCUT2D eigenvalue weighted by Gasteiger charge is -2.36. The van der Waals surface area contributed by atoms with Gasteiger partial charge in [-0.25, -0.2) is 0 Å². The van der Waals surface area contributed by atoms with Crippen LogP contribution in [0.3, 0.4) is 0 Å². The summed E-state index contributed by atoms with van der Waals surface area (Å²) >= 11 is 0. The molecule has 1 aromatic rings. The smallest absolute Gasteiger partial charge is 0.282 e. The van der Waals surface area contributed by atoms with Crippen LogP contribution in [0.25, 0.3) is 0 Å². The summed E-state index contributed by atoms with van der Waals surface area (Å²) in [7, 11) is -1.88. The van der Waals surface area contributed by atoms with E-state index in [9.17, 15) is 8.42 Å². The molecule has 0 spiro atoms. The molecule has 0 saturated carbocycles. The molecule has 0 radical (unpaired) electrons. The number of furan rings is 1. The number of morpholine rings is 1. The molecule has 0 aliphatic carbocycles. The Bertz CT molecular complexity index is 490. The van der Waals surface area contributed by atoms with Crippen molar-refractivity contribution in [1.82, 2.24) is 8.61 Å². The molecule has 1 saturated heterocycles. The molecule has 2 heterocycles. The van der Waals surface area contributed by atoms with E-state index in [0.29, 0.717) is 19.6 Å². The van der Waals surface area contributed by atoms with Crippen LogP contribution in [0.4, 0.5) is 0 Å². The van der Waals surface area contributed by atoms with Gasteiger partial charge < -0.3 is 9.15 Å². The predicted molar refractivity (Wildman–Crippen MR) is 70.7 cm³/mol. The zero-order chi connectivity index (χ0) is 14.0. The van der Waals surface area contributed by atoms with Crippen LogP contribution in [0.1, 0.15) is 19.4 Å². The van der Waals surface area contributed by atoms with Crippen molar-refractivity contribution in [2.45, 2.75) is 32.6 Å². The van der Waals surface area contributed by atoms with Crippen LogP contribution < -0.4 is 0 Å². The van der Waals surface area contributed by atoms with Crippen molar-refractivity contribution < 1.29 is 17.6 Å². The zero-order valence-corrected chi connectivity index (χ0v) is 12.3. The Morgan fingerprint density at radius 2 is 2.00 bits per heavy atom. The summed E-state index contributed by atoms with van der Waals surface area (Å²) in [6, 6.07) is 1.76. The van der Waals surface area contributed by atoms with Gasteiger partial charge in [0.1, 0.15) is 0 Å². The van der Waals surface area contributed by atoms with E-state index in [2.05, 4.69) is 0 Å². The second-order valence-corrected chi connectivity index (χ2v) is 7.01. The van der Waals surface area contributed by atoms with Gasteiger partial charge in [-0.2, -0.15) is 17.0 Å². The van der Waals surface area contributed by atoms with E-state index in [-0.39, 0.29) is 12.2 Å². The van der Waals surface area contributed by atoms with Crippen LogP contribution >= 0.6 is 0 Å². The van der Waals surface area contributed by atoms with Crippen LogP contribution in [-0.4, -0.2) is 49.4 Å². The van der Waals surface area contributed by atoms with Crippen molar-refractivity contribution >= 4 is 10.2 Å². The van der Waals surface area contributed by atoms with Gasteiger partial charge in [0.2, 0.25) is 0 Å². The molecular weight excluding hydrogens is 268 g/mol. The number of nitrogens with zero attached hydrogens (tertiary/aromatic N) is 2. The van der Waals surface area contributed by atoms with E-state index >= 15 is 0 Å². The predicted octanol–water partition coefficient (Wildman–Crippen LogP) is 1.07. The van der Waals surface area contributed by atoms with Gasteiger partial charge in [-0.1, -0.05) is 0 Å². The molecule has 7 heteroatoms. The van der Waals surface area contributed by atoms with Crippen molar-refractivity contribution in [3.05, 3.63) is 24.2 Å². The molecule has 2 unspecified atom stereocenters. The lowest BCUT2D eigenvalue weighted by atomic mass is 10.3. The van der Waals surface area contributed by atoms with E-state index in [4.69, 9.17) is 9.15 Å². The highest BCUT2D eigenvalue weighted by Gasteiger charge is 2.33. The molecule has 6 nitrogen and oxygen atoms in total. The number of ether oxygens (including phenoxy) is 1. The largest absolute Gasteiger partial charge is 0.472 e. The van der Waals surface area contributed by atoms with Crippen molar-refractivity contribution in [2.24, 2.45) is 0 Å². The highest BCUT2D eigenvalue weighted by molar-refractivity contribution is 7.86. The van der Waals surface area contributed by atoms with Crippen molar-refractivity contribution in [3.63, 3.8) is 0 Å². The summed E-state index contributed by atoms with van der Waals surface area (Å²) in [6.45, 7) is 4.85. The minimum absolute atomic E-state index is 0.0825. The van der Waals surface area contributed by atoms with Crippen LogP contribution in [0.2, 0.25) is 0 Å². The van der Waals surface area contributed by atoms with Crippen molar-refractivity contribution in [1.29, 1.82) is 0 Å². The van der Waals surface area contributed by atoms with Gasteiger partial charge in [0.15, 0.2) is 0 Å². The Morgan fingerprint density at radius 3 is 2.53 bits per heavy atom. The fourth-order valence-corrected chi connectivity index (χ4v) is 3.74. The topological polar surface area (TPSA) is 63.0 Å². The van der Waals surface area contributed by atoms with Gasteiger partial charge in [0, 0.05) is 32.2 Å². The third-order valence-corrected chi connectivity index (χ3v) is 4.96. The average Bonchev–Trinajstić information content (AvgIpc) is 2.80. The molecule has 2 atom stereocenters. The van der Waals surface area contributed by atoms with Crippen LogP contribution in [0.5, 0.6) is 0 Å². The molecule has 108 valence electrons. The van der Waals surface area contributed by atoms with Gasteiger partial charge in [-0.05, 0) is 19.9 Å². The van der Waals surface area contributed by atoms with Gasteiger partial charge in [0.25, 0.3) is 10.2 Å². The van der Waals surface area contributed by atoms with Crippen LogP contribution in [0, 0.1) is 0 Å². The minimum Gasteiger partial charge on any atom is -0.472 e. The third kappa shape index (κ3) is 3.36. The Labute approximate surface area is 114 Å². The summed E-state index contributed by atoms with van der Waals surface area (Å²) in [5, 5.41) is 0. The fraction of sp³-hybridized carbons (Fsp3) is 0.667. The second kappa shape index (κ2) is 5.62. The summed E-state index contributed by atoms with van der Waals surface area (Å²) in [4.78, 5) is 0. The maximum atomic E-state index is 12.5. The summed E-state index contributed by atoms with van der Waals surface area (Å²) in [6.07, 6.45) is 2.92. The molecule has 1 aliphatic rings. The zero-order valence-electron chi connectivity index (χ0n) is 11.4. The average molecular weight is 288 g/mol. The number of rotatable bonds is 4. The van der Waals surface area contributed by atoms with E-state index in [0.717, 1.165) is 5.56 Å². The van der Waals surface area contributed by atoms with Gasteiger partial charge >= 0.3 is 0 Å². The van der Waals surface area contributed by atoms with Crippen LogP contribution in [-0.2, 0) is 21.5 Å². The van der Waals surface area contributed by atoms with E-state index < -0.39 is 10.2 Å². The molecule has 2 rings (SSSR count). The second-order valence-electron chi connectivity index (χ2n) is 4.97. The Balaban J connectivity index is 2.08. The Kier molecular flexibility index (Phi) is 4.29. The van der Waals surface area contributed by atoms with E-state index in [1.165, 1.54) is 14.9 Å². The summed E-state index contributed by atoms with van der Waals surface area (Å²) in [5.74, 6) is 0. The molecule has 1 aliphatic heterocycles. The van der Waals surface area contributed by atoms with E-state index in [1.807, 2.05) is 13.8 Å². The first-order valence-corrected chi connectivity index (χ1v) is 7.67. The maximum Gasteiger partial charge on any atom is 0.282 e. The fourth-order valence-electron chi connectivity index (χ4n) is 2.24. The SMILES string of the molecule is CC1CN(S(=O)(=O)N(C)Cc2ccoc2)CC(C)O1. The first-order valence-electron chi connectivity index (χ1n) is 6.27. The standard InChI is InChI=1S/C12H20N2O4S/c1-10-6-14(7-11(2)18-10)19(15,16)13(3)8-12-4-5-17-9-12/h4-5,9-11H,6-8H2,1-3H3. The molecule has 0 amide bonds. The van der Waals surface area contributed by atoms with Crippen molar-refractivity contribution in [2.75, 3.05) is 20.1 Å². The Morgan fingerprint density at radius 1 is 1.37 bits per heavy atom. The van der Waals surface area contributed by atoms with E-state index in [1.54, 1.807) is 19.4 Å². The van der Waals surface area contributed by atoms with Gasteiger partial charge in [-0.3, -0.25) is 0 Å². The first kappa shape index (κ1) is 14.5. The molecule has 0 aromatic carbocycles. The Hall–Kier alpha value is -0.890. The first-order chi connectivity index (χ1) is 8.89. The van der Waals surface area contributed by atoms with Crippen molar-refractivity contribution in [3.8, 4) is 0 Å². The molecular formula is C12H20N2O4S. The molecule has 0 N–H and O–H groups in total. The highest BCUT2D eigenvalue weighted by Crippen LogP contribution is 2.18. The molecule has 0 bridgehead atoms. The lowest BCUT2D eigenvalue weighted by Crippen LogP contribution is -2.52. The maximum absolute atomic E-state index is 12.5. The quantitative estimate of drug-likeness (QED) is 0.831. The molecule has 1 aromatic heterocycles. The summed E-state index contributed by atoms with van der Waals surface area (Å²) < 4.78 is 38.3. The summed E-state index contributed by atoms with van der Waals surface area (Å²) in [5.41, 5.74) is 0.834. The van der Waals surface area contributed by atoms with Gasteiger partial charge in [0.05, 0.1) is 24.7 Å².